The first-order valence-corrected chi connectivity index (χ1v) is 12.0. The van der Waals surface area contributed by atoms with Crippen molar-refractivity contribution in [2.45, 2.75) is 65.8 Å². The van der Waals surface area contributed by atoms with Gasteiger partial charge < -0.3 is 13.9 Å². The number of aryl methyl sites for hydroxylation is 1. The van der Waals surface area contributed by atoms with E-state index in [2.05, 4.69) is 40.4 Å². The molecule has 1 atom stereocenters. The summed E-state index contributed by atoms with van der Waals surface area (Å²) in [5, 5.41) is 0.0409. The van der Waals surface area contributed by atoms with Crippen molar-refractivity contribution in [2.75, 3.05) is 6.61 Å². The van der Waals surface area contributed by atoms with Crippen molar-refractivity contribution in [3.05, 3.63) is 41.5 Å². The van der Waals surface area contributed by atoms with E-state index in [0.29, 0.717) is 5.56 Å². The predicted octanol–water partition coefficient (Wildman–Crippen LogP) is 5.10. The van der Waals surface area contributed by atoms with E-state index >= 15 is 0 Å². The number of ether oxygens (including phenoxy) is 2. The number of rotatable bonds is 7. The summed E-state index contributed by atoms with van der Waals surface area (Å²) in [7, 11) is -2.05. The number of hydrogen-bond acceptors (Lipinski definition) is 5. The lowest BCUT2D eigenvalue weighted by atomic mass is 10.0. The van der Waals surface area contributed by atoms with E-state index in [1.807, 2.05) is 25.1 Å². The molecule has 0 N–H and O–H groups in total. The summed E-state index contributed by atoms with van der Waals surface area (Å²) in [4.78, 5) is 23.7. The van der Waals surface area contributed by atoms with Gasteiger partial charge in [-0.25, -0.2) is 4.79 Å². The standard InChI is InChI=1S/C21H32O5Si/c1-10-24-20(23)15(3)19(25-16(4)22)17-12-11-14(2)18(13-17)26-27(8,9)21(5,6)7/h11-13,19H,3,10H2,1-2,4-9H3. The zero-order valence-corrected chi connectivity index (χ0v) is 18.8. The Morgan fingerprint density at radius 1 is 1.22 bits per heavy atom. The Morgan fingerprint density at radius 2 is 1.81 bits per heavy atom. The lowest BCUT2D eigenvalue weighted by Gasteiger charge is -2.37. The van der Waals surface area contributed by atoms with Gasteiger partial charge >= 0.3 is 11.9 Å². The smallest absolute Gasteiger partial charge is 0.337 e. The van der Waals surface area contributed by atoms with Crippen LogP contribution in [0, 0.1) is 6.92 Å². The Labute approximate surface area is 163 Å². The zero-order chi connectivity index (χ0) is 21.0. The van der Waals surface area contributed by atoms with Crippen molar-refractivity contribution in [1.82, 2.24) is 0 Å². The van der Waals surface area contributed by atoms with E-state index in [9.17, 15) is 9.59 Å². The van der Waals surface area contributed by atoms with Gasteiger partial charge in [0.15, 0.2) is 6.10 Å². The van der Waals surface area contributed by atoms with Gasteiger partial charge in [0, 0.05) is 12.5 Å². The van der Waals surface area contributed by atoms with Crippen LogP contribution in [0.2, 0.25) is 18.1 Å². The molecule has 0 aromatic heterocycles. The summed E-state index contributed by atoms with van der Waals surface area (Å²) < 4.78 is 16.8. The molecule has 0 saturated carbocycles. The van der Waals surface area contributed by atoms with Gasteiger partial charge in [-0.15, -0.1) is 0 Å². The summed E-state index contributed by atoms with van der Waals surface area (Å²) >= 11 is 0. The van der Waals surface area contributed by atoms with E-state index < -0.39 is 26.4 Å². The van der Waals surface area contributed by atoms with Crippen LogP contribution in [0.15, 0.2) is 30.4 Å². The average Bonchev–Trinajstić information content (AvgIpc) is 2.53. The molecule has 0 heterocycles. The van der Waals surface area contributed by atoms with Crippen molar-refractivity contribution >= 4 is 20.3 Å². The summed E-state index contributed by atoms with van der Waals surface area (Å²) in [6, 6.07) is 5.53. The van der Waals surface area contributed by atoms with Crippen LogP contribution < -0.4 is 4.43 Å². The van der Waals surface area contributed by atoms with Crippen molar-refractivity contribution in [3.8, 4) is 5.75 Å². The van der Waals surface area contributed by atoms with Crippen molar-refractivity contribution < 1.29 is 23.5 Å². The van der Waals surface area contributed by atoms with Crippen LogP contribution >= 0.6 is 0 Å². The van der Waals surface area contributed by atoms with Crippen LogP contribution in [0.4, 0.5) is 0 Å². The van der Waals surface area contributed by atoms with Gasteiger partial charge in [-0.05, 0) is 43.6 Å². The van der Waals surface area contributed by atoms with Crippen LogP contribution in [0.1, 0.15) is 51.8 Å². The number of hydrogen-bond donors (Lipinski definition) is 0. The molecule has 6 heteroatoms. The fraction of sp³-hybridized carbons (Fsp3) is 0.524. The summed E-state index contributed by atoms with van der Waals surface area (Å²) in [5.74, 6) is -0.359. The van der Waals surface area contributed by atoms with Crippen LogP contribution in [0.5, 0.6) is 5.75 Å². The molecule has 0 aliphatic carbocycles. The molecule has 1 rings (SSSR count). The van der Waals surface area contributed by atoms with Gasteiger partial charge in [0.2, 0.25) is 8.32 Å². The van der Waals surface area contributed by atoms with Crippen LogP contribution in [-0.2, 0) is 19.1 Å². The SMILES string of the molecule is C=C(C(=O)OCC)C(OC(C)=O)c1ccc(C)c(O[Si](C)(C)C(C)(C)C)c1. The summed E-state index contributed by atoms with van der Waals surface area (Å²) in [5.41, 5.74) is 1.68. The molecule has 0 saturated heterocycles. The molecule has 27 heavy (non-hydrogen) atoms. The van der Waals surface area contributed by atoms with Crippen molar-refractivity contribution in [1.29, 1.82) is 0 Å². The first-order chi connectivity index (χ1) is 12.3. The number of esters is 2. The molecule has 1 aromatic rings. The minimum atomic E-state index is -2.05. The van der Waals surface area contributed by atoms with Crippen LogP contribution in [-0.4, -0.2) is 26.9 Å². The molecular formula is C21H32O5Si. The third kappa shape index (κ3) is 5.96. The Hall–Kier alpha value is -2.08. The minimum absolute atomic E-state index is 0.0409. The largest absolute Gasteiger partial charge is 0.543 e. The van der Waals surface area contributed by atoms with Gasteiger partial charge in [0.05, 0.1) is 12.2 Å². The fourth-order valence-electron chi connectivity index (χ4n) is 2.15. The molecule has 0 radical (unpaired) electrons. The molecule has 150 valence electrons. The quantitative estimate of drug-likeness (QED) is 0.367. The topological polar surface area (TPSA) is 61.8 Å². The second-order valence-corrected chi connectivity index (χ2v) is 12.8. The highest BCUT2D eigenvalue weighted by Crippen LogP contribution is 2.39. The van der Waals surface area contributed by atoms with Gasteiger partial charge in [0.1, 0.15) is 5.75 Å². The molecule has 1 unspecified atom stereocenters. The first-order valence-electron chi connectivity index (χ1n) is 9.13. The maximum Gasteiger partial charge on any atom is 0.337 e. The van der Waals surface area contributed by atoms with Crippen molar-refractivity contribution in [2.24, 2.45) is 0 Å². The predicted molar refractivity (Wildman–Crippen MR) is 109 cm³/mol. The molecule has 0 aliphatic rings. The molecule has 0 fully saturated rings. The zero-order valence-electron chi connectivity index (χ0n) is 17.8. The maximum absolute atomic E-state index is 12.1. The van der Waals surface area contributed by atoms with E-state index in [0.717, 1.165) is 11.3 Å². The van der Waals surface area contributed by atoms with Gasteiger partial charge in [-0.2, -0.15) is 0 Å². The Balaban J connectivity index is 3.31. The van der Waals surface area contributed by atoms with Gasteiger partial charge in [-0.3, -0.25) is 4.79 Å². The molecule has 1 aromatic carbocycles. The highest BCUT2D eigenvalue weighted by molar-refractivity contribution is 6.74. The highest BCUT2D eigenvalue weighted by Gasteiger charge is 2.39. The fourth-order valence-corrected chi connectivity index (χ4v) is 3.23. The van der Waals surface area contributed by atoms with E-state index in [1.165, 1.54) is 6.92 Å². The Kier molecular flexibility index (Phi) is 7.43. The monoisotopic (exact) mass is 392 g/mol. The number of carbonyl (C=O) groups is 2. The van der Waals surface area contributed by atoms with Crippen LogP contribution in [0.25, 0.3) is 0 Å². The second-order valence-electron chi connectivity index (χ2n) is 8.12. The number of benzene rings is 1. The molecular weight excluding hydrogens is 360 g/mol. The second kappa shape index (κ2) is 8.74. The van der Waals surface area contributed by atoms with E-state index in [4.69, 9.17) is 13.9 Å². The Bertz CT molecular complexity index is 716. The van der Waals surface area contributed by atoms with E-state index in [-0.39, 0.29) is 17.2 Å². The Morgan fingerprint density at radius 3 is 2.30 bits per heavy atom. The summed E-state index contributed by atoms with van der Waals surface area (Å²) in [6.07, 6.45) is -0.913. The van der Waals surface area contributed by atoms with E-state index in [1.54, 1.807) is 6.92 Å². The minimum Gasteiger partial charge on any atom is -0.543 e. The van der Waals surface area contributed by atoms with Crippen LogP contribution in [0.3, 0.4) is 0 Å². The lowest BCUT2D eigenvalue weighted by Crippen LogP contribution is -2.44. The molecule has 0 bridgehead atoms. The summed E-state index contributed by atoms with van der Waals surface area (Å²) in [6.45, 7) is 19.8. The molecule has 0 amide bonds. The molecule has 5 nitrogen and oxygen atoms in total. The average molecular weight is 393 g/mol. The molecule has 0 spiro atoms. The lowest BCUT2D eigenvalue weighted by molar-refractivity contribution is -0.147. The third-order valence-corrected chi connectivity index (χ3v) is 9.17. The van der Waals surface area contributed by atoms with Gasteiger partial charge in [0.25, 0.3) is 0 Å². The van der Waals surface area contributed by atoms with Gasteiger partial charge in [-0.1, -0.05) is 39.5 Å². The number of carbonyl (C=O) groups excluding carboxylic acids is 2. The third-order valence-electron chi connectivity index (χ3n) is 4.82. The van der Waals surface area contributed by atoms with Crippen molar-refractivity contribution in [3.63, 3.8) is 0 Å². The molecule has 0 aliphatic heterocycles. The normalized spacial score (nSPS) is 12.9. The first kappa shape index (κ1) is 23.0. The maximum atomic E-state index is 12.1. The highest BCUT2D eigenvalue weighted by atomic mass is 28.4.